The second-order valence-electron chi connectivity index (χ2n) is 9.87. The largest absolute Gasteiger partial charge is 0.371 e. The minimum absolute atomic E-state index is 0.0171. The highest BCUT2D eigenvalue weighted by Crippen LogP contribution is 2.29. The predicted octanol–water partition coefficient (Wildman–Crippen LogP) is 2.21. The zero-order valence-electron chi connectivity index (χ0n) is 21.0. The molecule has 3 fully saturated rings. The number of halogens is 2. The van der Waals surface area contributed by atoms with Gasteiger partial charge in [0.25, 0.3) is 0 Å². The van der Waals surface area contributed by atoms with Crippen LogP contribution in [0.1, 0.15) is 58.3 Å². The number of hydrogen-bond donors (Lipinski definition) is 4. The summed E-state index contributed by atoms with van der Waals surface area (Å²) in [7, 11) is 1.89. The smallest absolute Gasteiger partial charge is 0.241 e. The van der Waals surface area contributed by atoms with Crippen molar-refractivity contribution < 1.29 is 23.5 Å². The number of ether oxygens (including phenoxy) is 1. The van der Waals surface area contributed by atoms with Crippen molar-refractivity contribution >= 4 is 29.7 Å². The first-order valence-electron chi connectivity index (χ1n) is 12.7. The first-order valence-corrected chi connectivity index (χ1v) is 13.2. The summed E-state index contributed by atoms with van der Waals surface area (Å²) in [4.78, 5) is 34.0. The lowest BCUT2D eigenvalue weighted by Gasteiger charge is -2.30. The van der Waals surface area contributed by atoms with Crippen molar-refractivity contribution in [1.29, 1.82) is 0 Å². The molecule has 0 spiro atoms. The molecule has 10 heteroatoms. The van der Waals surface area contributed by atoms with E-state index >= 15 is 0 Å². The summed E-state index contributed by atoms with van der Waals surface area (Å²) in [6, 6.07) is 0.0840. The van der Waals surface area contributed by atoms with E-state index in [1.807, 2.05) is 7.05 Å². The van der Waals surface area contributed by atoms with Crippen molar-refractivity contribution in [3.8, 4) is 0 Å². The number of alkyl halides is 2. The second kappa shape index (κ2) is 15.5. The van der Waals surface area contributed by atoms with Crippen molar-refractivity contribution in [3.05, 3.63) is 12.3 Å². The molecule has 3 rings (SSSR count). The van der Waals surface area contributed by atoms with Gasteiger partial charge in [0, 0.05) is 37.0 Å². The molecular weight excluding hydrogens is 475 g/mol. The van der Waals surface area contributed by atoms with Crippen LogP contribution in [-0.2, 0) is 19.1 Å². The molecule has 0 radical (unpaired) electrons. The number of rotatable bonds is 11. The van der Waals surface area contributed by atoms with Crippen molar-refractivity contribution in [2.75, 3.05) is 26.7 Å². The Kier molecular flexibility index (Phi) is 13.2. The van der Waals surface area contributed by atoms with Gasteiger partial charge < -0.3 is 30.8 Å². The third-order valence-corrected chi connectivity index (χ3v) is 7.22. The van der Waals surface area contributed by atoms with Gasteiger partial charge in [-0.15, -0.1) is 11.6 Å². The second-order valence-corrected chi connectivity index (χ2v) is 10.4. The van der Waals surface area contributed by atoms with Gasteiger partial charge in [0.2, 0.25) is 11.8 Å². The molecular formula is C25H42ClFN4O4. The zero-order chi connectivity index (χ0) is 25.8. The highest BCUT2D eigenvalue weighted by atomic mass is 35.5. The van der Waals surface area contributed by atoms with E-state index in [-0.39, 0.29) is 47.9 Å². The maximum absolute atomic E-state index is 13.0. The van der Waals surface area contributed by atoms with Crippen LogP contribution in [0.3, 0.4) is 0 Å². The van der Waals surface area contributed by atoms with Crippen LogP contribution in [0.5, 0.6) is 0 Å². The Bertz CT molecular complexity index is 709. The molecule has 0 aromatic carbocycles. The molecule has 35 heavy (non-hydrogen) atoms. The van der Waals surface area contributed by atoms with Gasteiger partial charge in [-0.2, -0.15) is 0 Å². The van der Waals surface area contributed by atoms with Crippen molar-refractivity contribution in [3.63, 3.8) is 0 Å². The SMILES string of the molecule is C=C(CC(C)NC)NC(=O)C1CC(CNC(=O)C2CC2)CCN1.O=CCOC1CCC(Cl)C(F)C1. The fourth-order valence-electron chi connectivity index (χ4n) is 4.27. The number of nitrogens with one attached hydrogen (secondary N) is 4. The quantitative estimate of drug-likeness (QED) is 0.248. The van der Waals surface area contributed by atoms with Crippen LogP contribution in [0, 0.1) is 11.8 Å². The van der Waals surface area contributed by atoms with Crippen molar-refractivity contribution in [1.82, 2.24) is 21.3 Å². The van der Waals surface area contributed by atoms with Crippen LogP contribution in [0.4, 0.5) is 4.39 Å². The fraction of sp³-hybridized carbons (Fsp3) is 0.800. The lowest BCUT2D eigenvalue weighted by molar-refractivity contribution is -0.123. The Balaban J connectivity index is 0.000000303. The average molecular weight is 517 g/mol. The number of carbonyl (C=O) groups is 3. The summed E-state index contributed by atoms with van der Waals surface area (Å²) in [6.45, 7) is 7.52. The first-order chi connectivity index (χ1) is 16.7. The maximum Gasteiger partial charge on any atom is 0.241 e. The third-order valence-electron chi connectivity index (χ3n) is 6.73. The van der Waals surface area contributed by atoms with Crippen LogP contribution in [-0.4, -0.2) is 74.6 Å². The van der Waals surface area contributed by atoms with Gasteiger partial charge in [0.15, 0.2) is 0 Å². The highest BCUT2D eigenvalue weighted by Gasteiger charge is 2.32. The Morgan fingerprint density at radius 3 is 2.57 bits per heavy atom. The van der Waals surface area contributed by atoms with Crippen LogP contribution >= 0.6 is 11.6 Å². The normalized spacial score (nSPS) is 29.2. The topological polar surface area (TPSA) is 109 Å². The molecule has 6 unspecified atom stereocenters. The summed E-state index contributed by atoms with van der Waals surface area (Å²) in [5.74, 6) is 0.767. The Morgan fingerprint density at radius 2 is 1.94 bits per heavy atom. The molecule has 2 aliphatic carbocycles. The predicted molar refractivity (Wildman–Crippen MR) is 135 cm³/mol. The van der Waals surface area contributed by atoms with Gasteiger partial charge >= 0.3 is 0 Å². The average Bonchev–Trinajstić information content (AvgIpc) is 3.69. The number of hydrogen-bond acceptors (Lipinski definition) is 6. The van der Waals surface area contributed by atoms with E-state index in [9.17, 15) is 18.8 Å². The number of piperidine rings is 1. The van der Waals surface area contributed by atoms with Gasteiger partial charge in [0.05, 0.1) is 17.5 Å². The van der Waals surface area contributed by atoms with E-state index in [2.05, 4.69) is 34.8 Å². The van der Waals surface area contributed by atoms with E-state index in [0.29, 0.717) is 31.6 Å². The third kappa shape index (κ3) is 11.4. The molecule has 3 aliphatic rings. The van der Waals surface area contributed by atoms with Crippen molar-refractivity contribution in [2.24, 2.45) is 11.8 Å². The van der Waals surface area contributed by atoms with Crippen LogP contribution in [0.25, 0.3) is 0 Å². The lowest BCUT2D eigenvalue weighted by Crippen LogP contribution is -2.50. The molecule has 1 heterocycles. The Hall–Kier alpha value is -1.55. The van der Waals surface area contributed by atoms with Crippen LogP contribution in [0.15, 0.2) is 12.3 Å². The molecule has 1 aliphatic heterocycles. The van der Waals surface area contributed by atoms with E-state index in [1.165, 1.54) is 0 Å². The van der Waals surface area contributed by atoms with E-state index in [4.69, 9.17) is 16.3 Å². The molecule has 0 aromatic rings. The minimum atomic E-state index is -0.989. The van der Waals surface area contributed by atoms with E-state index in [1.54, 1.807) is 0 Å². The molecule has 2 amide bonds. The molecule has 0 aromatic heterocycles. The number of carbonyl (C=O) groups excluding carboxylic acids is 3. The van der Waals surface area contributed by atoms with Gasteiger partial charge in [-0.05, 0) is 65.0 Å². The molecule has 4 N–H and O–H groups in total. The zero-order valence-corrected chi connectivity index (χ0v) is 21.7. The maximum atomic E-state index is 13.0. The Labute approximate surface area is 213 Å². The van der Waals surface area contributed by atoms with Gasteiger partial charge in [-0.1, -0.05) is 6.58 Å². The van der Waals surface area contributed by atoms with Crippen molar-refractivity contribution in [2.45, 2.75) is 88.0 Å². The summed E-state index contributed by atoms with van der Waals surface area (Å²) >= 11 is 5.67. The Morgan fingerprint density at radius 1 is 1.20 bits per heavy atom. The number of aldehydes is 1. The number of amides is 2. The monoisotopic (exact) mass is 516 g/mol. The summed E-state index contributed by atoms with van der Waals surface area (Å²) in [6.07, 6.45) is 5.79. The van der Waals surface area contributed by atoms with Gasteiger partial charge in [0.1, 0.15) is 19.1 Å². The van der Waals surface area contributed by atoms with Gasteiger partial charge in [-0.25, -0.2) is 4.39 Å². The molecule has 1 saturated heterocycles. The molecule has 2 saturated carbocycles. The summed E-state index contributed by atoms with van der Waals surface area (Å²) in [5.41, 5.74) is 0.739. The van der Waals surface area contributed by atoms with Crippen LogP contribution in [0.2, 0.25) is 0 Å². The highest BCUT2D eigenvalue weighted by molar-refractivity contribution is 6.21. The van der Waals surface area contributed by atoms with Crippen LogP contribution < -0.4 is 21.3 Å². The van der Waals surface area contributed by atoms with Gasteiger partial charge in [-0.3, -0.25) is 9.59 Å². The standard InChI is InChI=1S/C17H30N4O2.C8H12ClFO2/c1-11(18-3)8-12(2)21-17(23)15-9-13(6-7-19-15)10-20-16(22)14-4-5-14;9-7-2-1-6(5-8(7)10)12-4-3-11/h11,13-15,18-19H,2,4-10H2,1,3H3,(H,20,22)(H,21,23);3,6-8H,1-2,4-5H2. The first kappa shape index (κ1) is 29.7. The van der Waals surface area contributed by atoms with E-state index in [0.717, 1.165) is 50.8 Å². The lowest BCUT2D eigenvalue weighted by atomic mass is 9.91. The fourth-order valence-corrected chi connectivity index (χ4v) is 4.50. The molecule has 6 atom stereocenters. The minimum Gasteiger partial charge on any atom is -0.371 e. The molecule has 8 nitrogen and oxygen atoms in total. The summed E-state index contributed by atoms with van der Waals surface area (Å²) in [5, 5.41) is 11.9. The van der Waals surface area contributed by atoms with E-state index < -0.39 is 6.17 Å². The molecule has 200 valence electrons. The molecule has 0 bridgehead atoms. The summed E-state index contributed by atoms with van der Waals surface area (Å²) < 4.78 is 18.0.